The molecule has 0 fully saturated rings. The lowest BCUT2D eigenvalue weighted by Gasteiger charge is -2.21. The first-order valence-corrected chi connectivity index (χ1v) is 8.03. The fraction of sp³-hybridized carbons (Fsp3) is 0.500. The van der Waals surface area contributed by atoms with Crippen molar-refractivity contribution in [1.29, 1.82) is 0 Å². The molecule has 0 bridgehead atoms. The number of alkyl halides is 3. The molecular formula is C12H15BrF2O2S. The Balaban J connectivity index is 3.40. The summed E-state index contributed by atoms with van der Waals surface area (Å²) in [6.45, 7) is 3.77. The topological polar surface area (TPSA) is 34.1 Å². The van der Waals surface area contributed by atoms with Crippen LogP contribution in [0.25, 0.3) is 0 Å². The molecule has 2 nitrogen and oxygen atoms in total. The molecular weight excluding hydrogens is 326 g/mol. The van der Waals surface area contributed by atoms with Gasteiger partial charge in [-0.15, -0.1) is 0 Å². The highest BCUT2D eigenvalue weighted by Crippen LogP contribution is 2.34. The van der Waals surface area contributed by atoms with E-state index in [0.29, 0.717) is 12.0 Å². The normalized spacial score (nSPS) is 15.7. The van der Waals surface area contributed by atoms with E-state index in [9.17, 15) is 17.2 Å². The summed E-state index contributed by atoms with van der Waals surface area (Å²) < 4.78 is 48.6. The molecule has 1 aromatic carbocycles. The van der Waals surface area contributed by atoms with Crippen LogP contribution in [-0.2, 0) is 9.84 Å². The first-order chi connectivity index (χ1) is 8.32. The first-order valence-electron chi connectivity index (χ1n) is 5.57. The molecule has 18 heavy (non-hydrogen) atoms. The van der Waals surface area contributed by atoms with Crippen molar-refractivity contribution in [2.75, 3.05) is 0 Å². The van der Waals surface area contributed by atoms with Crippen LogP contribution in [0.4, 0.5) is 8.78 Å². The largest absolute Gasteiger partial charge is 0.341 e. The minimum atomic E-state index is -4.55. The van der Waals surface area contributed by atoms with E-state index in [0.717, 1.165) is 0 Å². The molecule has 0 heterocycles. The summed E-state index contributed by atoms with van der Waals surface area (Å²) in [4.78, 5) is -0.255. The number of sulfone groups is 1. The standard InChI is InChI=1S/C12H15BrF2O2S/c1-3-9(8(2)13)10-6-4-5-7-11(10)18(16,17)12(14)15/h4-9,12H,3H2,1-2H3. The number of halogens is 3. The third kappa shape index (κ3) is 3.09. The highest BCUT2D eigenvalue weighted by molar-refractivity contribution is 9.09. The van der Waals surface area contributed by atoms with Crippen molar-refractivity contribution in [2.24, 2.45) is 0 Å². The van der Waals surface area contributed by atoms with Crippen molar-refractivity contribution in [1.82, 2.24) is 0 Å². The van der Waals surface area contributed by atoms with Gasteiger partial charge < -0.3 is 0 Å². The second-order valence-corrected chi connectivity index (χ2v) is 7.37. The summed E-state index contributed by atoms with van der Waals surface area (Å²) in [7, 11) is -4.55. The fourth-order valence-corrected chi connectivity index (χ4v) is 3.60. The van der Waals surface area contributed by atoms with E-state index in [2.05, 4.69) is 15.9 Å². The number of hydrogen-bond donors (Lipinski definition) is 0. The monoisotopic (exact) mass is 340 g/mol. The predicted molar refractivity (Wildman–Crippen MR) is 71.1 cm³/mol. The van der Waals surface area contributed by atoms with Gasteiger partial charge in [-0.1, -0.05) is 48.0 Å². The van der Waals surface area contributed by atoms with Gasteiger partial charge in [0.25, 0.3) is 0 Å². The zero-order chi connectivity index (χ0) is 13.9. The van der Waals surface area contributed by atoms with Crippen LogP contribution >= 0.6 is 15.9 Å². The minimum absolute atomic E-state index is 0.0107. The molecule has 0 saturated heterocycles. The van der Waals surface area contributed by atoms with Crippen molar-refractivity contribution >= 4 is 25.8 Å². The van der Waals surface area contributed by atoms with Crippen molar-refractivity contribution in [3.05, 3.63) is 29.8 Å². The van der Waals surface area contributed by atoms with Crippen LogP contribution < -0.4 is 0 Å². The Morgan fingerprint density at radius 3 is 2.28 bits per heavy atom. The van der Waals surface area contributed by atoms with Gasteiger partial charge in [0, 0.05) is 4.83 Å². The molecule has 0 amide bonds. The second-order valence-electron chi connectivity index (χ2n) is 4.04. The average molecular weight is 341 g/mol. The summed E-state index contributed by atoms with van der Waals surface area (Å²) in [6, 6.07) is 5.97. The van der Waals surface area contributed by atoms with Gasteiger partial charge >= 0.3 is 5.76 Å². The summed E-state index contributed by atoms with van der Waals surface area (Å²) in [5.74, 6) is -3.50. The zero-order valence-corrected chi connectivity index (χ0v) is 12.5. The smallest absolute Gasteiger partial charge is 0.218 e. The predicted octanol–water partition coefficient (Wildman–Crippen LogP) is 3.96. The Morgan fingerprint density at radius 2 is 1.83 bits per heavy atom. The van der Waals surface area contributed by atoms with Crippen LogP contribution in [0.2, 0.25) is 0 Å². The molecule has 2 atom stereocenters. The number of benzene rings is 1. The van der Waals surface area contributed by atoms with Crippen LogP contribution in [0.15, 0.2) is 29.2 Å². The summed E-state index contributed by atoms with van der Waals surface area (Å²) in [5.41, 5.74) is 0.449. The van der Waals surface area contributed by atoms with Crippen molar-refractivity contribution in [2.45, 2.75) is 41.7 Å². The third-order valence-corrected chi connectivity index (χ3v) is 4.95. The van der Waals surface area contributed by atoms with E-state index in [1.54, 1.807) is 12.1 Å². The maximum absolute atomic E-state index is 12.6. The number of hydrogen-bond acceptors (Lipinski definition) is 2. The van der Waals surface area contributed by atoms with Crippen molar-refractivity contribution in [3.8, 4) is 0 Å². The van der Waals surface area contributed by atoms with Gasteiger partial charge in [-0.2, -0.15) is 8.78 Å². The number of rotatable bonds is 5. The molecule has 0 aromatic heterocycles. The second kappa shape index (κ2) is 6.10. The van der Waals surface area contributed by atoms with Gasteiger partial charge in [0.2, 0.25) is 9.84 Å². The maximum Gasteiger partial charge on any atom is 0.341 e. The maximum atomic E-state index is 12.6. The molecule has 0 saturated carbocycles. The Bertz CT molecular complexity index is 501. The molecule has 0 spiro atoms. The van der Waals surface area contributed by atoms with E-state index in [1.807, 2.05) is 13.8 Å². The Kier molecular flexibility index (Phi) is 5.28. The molecule has 102 valence electrons. The van der Waals surface area contributed by atoms with Gasteiger partial charge in [-0.05, 0) is 24.0 Å². The SMILES string of the molecule is CCC(c1ccccc1S(=O)(=O)C(F)F)C(C)Br. The molecule has 2 unspecified atom stereocenters. The third-order valence-electron chi connectivity index (χ3n) is 2.85. The Morgan fingerprint density at radius 1 is 1.28 bits per heavy atom. The van der Waals surface area contributed by atoms with Crippen molar-refractivity contribution in [3.63, 3.8) is 0 Å². The van der Waals surface area contributed by atoms with E-state index >= 15 is 0 Å². The van der Waals surface area contributed by atoms with Gasteiger partial charge in [0.1, 0.15) is 0 Å². The van der Waals surface area contributed by atoms with E-state index in [4.69, 9.17) is 0 Å². The van der Waals surface area contributed by atoms with Crippen LogP contribution in [0.1, 0.15) is 31.7 Å². The fourth-order valence-electron chi connectivity index (χ4n) is 1.93. The highest BCUT2D eigenvalue weighted by atomic mass is 79.9. The molecule has 0 aliphatic heterocycles. The zero-order valence-electron chi connectivity index (χ0n) is 10.1. The molecule has 0 N–H and O–H groups in total. The molecule has 6 heteroatoms. The highest BCUT2D eigenvalue weighted by Gasteiger charge is 2.31. The lowest BCUT2D eigenvalue weighted by Crippen LogP contribution is -2.17. The van der Waals surface area contributed by atoms with Crippen LogP contribution in [0.3, 0.4) is 0 Å². The molecule has 1 rings (SSSR count). The Hall–Kier alpha value is -0.490. The first kappa shape index (κ1) is 15.6. The lowest BCUT2D eigenvalue weighted by molar-refractivity contribution is 0.234. The van der Waals surface area contributed by atoms with E-state index < -0.39 is 15.6 Å². The molecule has 0 aliphatic carbocycles. The van der Waals surface area contributed by atoms with Gasteiger partial charge in [0.15, 0.2) is 0 Å². The minimum Gasteiger partial charge on any atom is -0.218 e. The summed E-state index contributed by atoms with van der Waals surface area (Å²) >= 11 is 3.39. The molecule has 1 aromatic rings. The average Bonchev–Trinajstić information content (AvgIpc) is 2.29. The van der Waals surface area contributed by atoms with Crippen LogP contribution in [-0.4, -0.2) is 19.0 Å². The quantitative estimate of drug-likeness (QED) is 0.760. The lowest BCUT2D eigenvalue weighted by atomic mass is 9.94. The van der Waals surface area contributed by atoms with Gasteiger partial charge in [0.05, 0.1) is 4.90 Å². The van der Waals surface area contributed by atoms with E-state index in [-0.39, 0.29) is 15.6 Å². The van der Waals surface area contributed by atoms with Crippen molar-refractivity contribution < 1.29 is 17.2 Å². The summed E-state index contributed by atoms with van der Waals surface area (Å²) in [5, 5.41) is 0. The molecule has 0 aliphatic rings. The van der Waals surface area contributed by atoms with Crippen LogP contribution in [0.5, 0.6) is 0 Å². The van der Waals surface area contributed by atoms with Gasteiger partial charge in [-0.25, -0.2) is 8.42 Å². The van der Waals surface area contributed by atoms with Gasteiger partial charge in [-0.3, -0.25) is 0 Å². The Labute approximate surface area is 114 Å². The van der Waals surface area contributed by atoms with E-state index in [1.165, 1.54) is 12.1 Å². The molecule has 0 radical (unpaired) electrons. The van der Waals surface area contributed by atoms with Crippen LogP contribution in [0, 0.1) is 0 Å². The summed E-state index contributed by atoms with van der Waals surface area (Å²) in [6.07, 6.45) is 0.669.